The van der Waals surface area contributed by atoms with Gasteiger partial charge in [0.1, 0.15) is 0 Å². The molecule has 2 heteroatoms. The van der Waals surface area contributed by atoms with Crippen LogP contribution < -0.4 is 5.32 Å². The second kappa shape index (κ2) is 3.31. The highest BCUT2D eigenvalue weighted by atomic mass is 35.5. The van der Waals surface area contributed by atoms with Gasteiger partial charge in [-0.3, -0.25) is 0 Å². The van der Waals surface area contributed by atoms with E-state index in [9.17, 15) is 0 Å². The van der Waals surface area contributed by atoms with Crippen LogP contribution in [0.15, 0.2) is 0 Å². The average Bonchev–Trinajstić information content (AvgIpc) is 2.44. The predicted molar refractivity (Wildman–Crippen MR) is 38.5 cm³/mol. The third-order valence-electron chi connectivity index (χ3n) is 1.78. The number of hydrogen-bond donors (Lipinski definition) is 1. The molecule has 1 saturated carbocycles. The van der Waals surface area contributed by atoms with Gasteiger partial charge in [-0.25, -0.2) is 0 Å². The van der Waals surface area contributed by atoms with Crippen LogP contribution in [0.1, 0.15) is 19.8 Å². The molecule has 0 aromatic carbocycles. The van der Waals surface area contributed by atoms with Crippen LogP contribution in [-0.2, 0) is 0 Å². The smallest absolute Gasteiger partial charge is 0.00640 e. The minimum Gasteiger partial charge on any atom is -0.317 e. The lowest BCUT2D eigenvalue weighted by molar-refractivity contribution is 0.546. The standard InChI is InChI=1S/C6H13N.ClH/c1-5(7-2)6-3-4-6;/h5-7H,3-4H2,1-2H3;1H/t5-;/m0./s1. The lowest BCUT2D eigenvalue weighted by atomic mass is 10.2. The highest BCUT2D eigenvalue weighted by Crippen LogP contribution is 2.31. The fourth-order valence-corrected chi connectivity index (χ4v) is 0.832. The molecule has 8 heavy (non-hydrogen) atoms. The maximum absolute atomic E-state index is 3.23. The van der Waals surface area contributed by atoms with E-state index in [2.05, 4.69) is 12.2 Å². The first-order chi connectivity index (χ1) is 3.34. The van der Waals surface area contributed by atoms with Gasteiger partial charge in [0.05, 0.1) is 0 Å². The van der Waals surface area contributed by atoms with Crippen molar-refractivity contribution in [2.45, 2.75) is 25.8 Å². The van der Waals surface area contributed by atoms with Crippen molar-refractivity contribution in [3.8, 4) is 0 Å². The van der Waals surface area contributed by atoms with E-state index >= 15 is 0 Å². The Morgan fingerprint density at radius 3 is 2.12 bits per heavy atom. The van der Waals surface area contributed by atoms with Gasteiger partial charge >= 0.3 is 0 Å². The van der Waals surface area contributed by atoms with Crippen LogP contribution in [-0.4, -0.2) is 13.1 Å². The van der Waals surface area contributed by atoms with Crippen LogP contribution in [0.25, 0.3) is 0 Å². The molecular weight excluding hydrogens is 122 g/mol. The van der Waals surface area contributed by atoms with Crippen molar-refractivity contribution in [3.05, 3.63) is 0 Å². The zero-order valence-corrected chi connectivity index (χ0v) is 6.29. The second-order valence-electron chi connectivity index (χ2n) is 2.41. The first-order valence-corrected chi connectivity index (χ1v) is 3.02. The molecule has 1 fully saturated rings. The predicted octanol–water partition coefficient (Wildman–Crippen LogP) is 1.43. The molecule has 1 aliphatic carbocycles. The SMILES string of the molecule is CN[C@@H](C)C1CC1.Cl. The molecule has 0 aliphatic heterocycles. The zero-order chi connectivity index (χ0) is 5.28. The molecule has 0 saturated heterocycles. The maximum atomic E-state index is 3.23. The van der Waals surface area contributed by atoms with E-state index in [1.165, 1.54) is 12.8 Å². The summed E-state index contributed by atoms with van der Waals surface area (Å²) in [4.78, 5) is 0. The minimum atomic E-state index is 0. The van der Waals surface area contributed by atoms with Gasteiger partial charge in [-0.15, -0.1) is 12.4 Å². The van der Waals surface area contributed by atoms with Gasteiger partial charge in [0, 0.05) is 6.04 Å². The normalized spacial score (nSPS) is 21.8. The average molecular weight is 136 g/mol. The molecule has 0 aromatic rings. The van der Waals surface area contributed by atoms with Crippen LogP contribution in [0.3, 0.4) is 0 Å². The Bertz CT molecular complexity index is 61.5. The van der Waals surface area contributed by atoms with E-state index in [0.29, 0.717) is 0 Å². The summed E-state index contributed by atoms with van der Waals surface area (Å²) in [5, 5.41) is 3.23. The largest absolute Gasteiger partial charge is 0.317 e. The van der Waals surface area contributed by atoms with Crippen LogP contribution in [0.5, 0.6) is 0 Å². The van der Waals surface area contributed by atoms with Crippen molar-refractivity contribution in [3.63, 3.8) is 0 Å². The fourth-order valence-electron chi connectivity index (χ4n) is 0.832. The molecule has 1 aliphatic rings. The van der Waals surface area contributed by atoms with E-state index < -0.39 is 0 Å². The third kappa shape index (κ3) is 2.01. The molecule has 50 valence electrons. The summed E-state index contributed by atoms with van der Waals surface area (Å²) >= 11 is 0. The van der Waals surface area contributed by atoms with Gasteiger partial charge in [-0.1, -0.05) is 0 Å². The van der Waals surface area contributed by atoms with Gasteiger partial charge in [0.15, 0.2) is 0 Å². The first kappa shape index (κ1) is 8.25. The summed E-state index contributed by atoms with van der Waals surface area (Å²) in [7, 11) is 2.03. The molecule has 0 bridgehead atoms. The topological polar surface area (TPSA) is 12.0 Å². The molecule has 0 radical (unpaired) electrons. The minimum absolute atomic E-state index is 0. The summed E-state index contributed by atoms with van der Waals surface area (Å²) in [6.45, 7) is 2.25. The molecule has 0 spiro atoms. The molecular formula is C6H14ClN. The molecule has 0 unspecified atom stereocenters. The van der Waals surface area contributed by atoms with E-state index in [1.54, 1.807) is 0 Å². The van der Waals surface area contributed by atoms with Gasteiger partial charge in [-0.05, 0) is 32.7 Å². The van der Waals surface area contributed by atoms with Crippen molar-refractivity contribution in [2.24, 2.45) is 5.92 Å². The van der Waals surface area contributed by atoms with E-state index in [0.717, 1.165) is 12.0 Å². The van der Waals surface area contributed by atoms with Gasteiger partial charge in [0.25, 0.3) is 0 Å². The van der Waals surface area contributed by atoms with Crippen molar-refractivity contribution < 1.29 is 0 Å². The quantitative estimate of drug-likeness (QED) is 0.604. The Balaban J connectivity index is 0.000000490. The Hall–Kier alpha value is 0.250. The van der Waals surface area contributed by atoms with Gasteiger partial charge in [0.2, 0.25) is 0 Å². The summed E-state index contributed by atoms with van der Waals surface area (Å²) in [6, 6.07) is 0.764. The zero-order valence-electron chi connectivity index (χ0n) is 5.48. The Morgan fingerprint density at radius 2 is 2.00 bits per heavy atom. The first-order valence-electron chi connectivity index (χ1n) is 3.02. The highest BCUT2D eigenvalue weighted by Gasteiger charge is 2.26. The molecule has 0 aromatic heterocycles. The molecule has 0 amide bonds. The molecule has 1 nitrogen and oxygen atoms in total. The van der Waals surface area contributed by atoms with Gasteiger partial charge < -0.3 is 5.32 Å². The number of nitrogens with one attached hydrogen (secondary N) is 1. The molecule has 0 heterocycles. The maximum Gasteiger partial charge on any atom is 0.00640 e. The van der Waals surface area contributed by atoms with Crippen LogP contribution in [0.2, 0.25) is 0 Å². The Morgan fingerprint density at radius 1 is 1.50 bits per heavy atom. The summed E-state index contributed by atoms with van der Waals surface area (Å²) in [5.74, 6) is 1.00. The van der Waals surface area contributed by atoms with E-state index in [-0.39, 0.29) is 12.4 Å². The fraction of sp³-hybridized carbons (Fsp3) is 1.00. The lowest BCUT2D eigenvalue weighted by Gasteiger charge is -2.04. The van der Waals surface area contributed by atoms with Crippen molar-refractivity contribution in [1.29, 1.82) is 0 Å². The van der Waals surface area contributed by atoms with Crippen molar-refractivity contribution in [2.75, 3.05) is 7.05 Å². The van der Waals surface area contributed by atoms with Crippen LogP contribution >= 0.6 is 12.4 Å². The Labute approximate surface area is 57.3 Å². The Kier molecular flexibility index (Phi) is 3.41. The number of halogens is 1. The third-order valence-corrected chi connectivity index (χ3v) is 1.78. The molecule has 1 atom stereocenters. The monoisotopic (exact) mass is 135 g/mol. The van der Waals surface area contributed by atoms with E-state index in [1.807, 2.05) is 7.05 Å². The second-order valence-corrected chi connectivity index (χ2v) is 2.41. The van der Waals surface area contributed by atoms with Crippen LogP contribution in [0, 0.1) is 5.92 Å². The lowest BCUT2D eigenvalue weighted by Crippen LogP contribution is -2.22. The van der Waals surface area contributed by atoms with Crippen molar-refractivity contribution >= 4 is 12.4 Å². The van der Waals surface area contributed by atoms with Gasteiger partial charge in [-0.2, -0.15) is 0 Å². The van der Waals surface area contributed by atoms with Crippen molar-refractivity contribution in [1.82, 2.24) is 5.32 Å². The summed E-state index contributed by atoms with van der Waals surface area (Å²) in [6.07, 6.45) is 2.89. The number of rotatable bonds is 2. The highest BCUT2D eigenvalue weighted by molar-refractivity contribution is 5.85. The number of hydrogen-bond acceptors (Lipinski definition) is 1. The summed E-state index contributed by atoms with van der Waals surface area (Å²) in [5.41, 5.74) is 0. The van der Waals surface area contributed by atoms with Crippen LogP contribution in [0.4, 0.5) is 0 Å². The molecule has 1 N–H and O–H groups in total. The van der Waals surface area contributed by atoms with E-state index in [4.69, 9.17) is 0 Å². The molecule has 1 rings (SSSR count). The summed E-state index contributed by atoms with van der Waals surface area (Å²) < 4.78 is 0.